The van der Waals surface area contributed by atoms with E-state index in [1.165, 1.54) is 4.90 Å². The molecule has 9 heteroatoms. The average Bonchev–Trinajstić information content (AvgIpc) is 2.69. The lowest BCUT2D eigenvalue weighted by Crippen LogP contribution is -2.57. The van der Waals surface area contributed by atoms with Crippen molar-refractivity contribution in [2.24, 2.45) is 0 Å². The smallest absolute Gasteiger partial charge is 0.343 e. The van der Waals surface area contributed by atoms with Crippen molar-refractivity contribution in [1.29, 1.82) is 0 Å². The lowest BCUT2D eigenvalue weighted by Gasteiger charge is -2.40. The number of rotatable bonds is 5. The van der Waals surface area contributed by atoms with E-state index in [1.807, 2.05) is 6.92 Å². The molecule has 0 radical (unpaired) electrons. The fraction of sp³-hybridized carbons (Fsp3) is 0.368. The number of ketones is 1. The summed E-state index contributed by atoms with van der Waals surface area (Å²) in [5, 5.41) is 5.36. The third kappa shape index (κ3) is 3.55. The number of methoxy groups -OCH3 is 1. The second-order valence-corrected chi connectivity index (χ2v) is 6.23. The molecule has 1 aromatic rings. The van der Waals surface area contributed by atoms with E-state index in [9.17, 15) is 19.2 Å². The molecule has 0 aromatic heterocycles. The van der Waals surface area contributed by atoms with Crippen LogP contribution in [0.25, 0.3) is 0 Å². The predicted octanol–water partition coefficient (Wildman–Crippen LogP) is 0.224. The topological polar surface area (TPSA) is 114 Å². The third-order valence-electron chi connectivity index (χ3n) is 4.55. The average molecular weight is 387 g/mol. The Kier molecular flexibility index (Phi) is 5.62. The second kappa shape index (κ2) is 8.12. The highest BCUT2D eigenvalue weighted by atomic mass is 16.5. The molecule has 2 aliphatic heterocycles. The monoisotopic (exact) mass is 387 g/mol. The van der Waals surface area contributed by atoms with Gasteiger partial charge in [-0.1, -0.05) is 12.1 Å². The third-order valence-corrected chi connectivity index (χ3v) is 4.55. The lowest BCUT2D eigenvalue weighted by atomic mass is 9.92. The molecule has 1 aromatic carbocycles. The maximum Gasteiger partial charge on any atom is 0.343 e. The molecule has 0 aliphatic carbocycles. The van der Waals surface area contributed by atoms with Gasteiger partial charge < -0.3 is 25.0 Å². The van der Waals surface area contributed by atoms with E-state index in [0.717, 1.165) is 7.11 Å². The minimum atomic E-state index is -0.920. The summed E-state index contributed by atoms with van der Waals surface area (Å²) in [5.74, 6) is -2.03. The van der Waals surface area contributed by atoms with Crippen LogP contribution in [0.3, 0.4) is 0 Å². The van der Waals surface area contributed by atoms with Gasteiger partial charge in [-0.05, 0) is 19.1 Å². The first-order valence-electron chi connectivity index (χ1n) is 8.91. The van der Waals surface area contributed by atoms with Crippen molar-refractivity contribution in [2.45, 2.75) is 19.4 Å². The van der Waals surface area contributed by atoms with Gasteiger partial charge in [0.25, 0.3) is 5.91 Å². The van der Waals surface area contributed by atoms with Crippen LogP contribution >= 0.6 is 0 Å². The van der Waals surface area contributed by atoms with Crippen LogP contribution in [-0.4, -0.2) is 61.3 Å². The number of benzene rings is 1. The number of carbonyl (C=O) groups is 4. The summed E-state index contributed by atoms with van der Waals surface area (Å²) in [4.78, 5) is 51.4. The molecule has 1 unspecified atom stereocenters. The summed E-state index contributed by atoms with van der Waals surface area (Å²) in [6.45, 7) is 2.84. The van der Waals surface area contributed by atoms with Crippen LogP contribution in [0.1, 0.15) is 13.3 Å². The summed E-state index contributed by atoms with van der Waals surface area (Å²) in [5.41, 5.74) is 0.0265. The largest absolute Gasteiger partial charge is 0.492 e. The molecule has 9 nitrogen and oxygen atoms in total. The predicted molar refractivity (Wildman–Crippen MR) is 98.4 cm³/mol. The summed E-state index contributed by atoms with van der Waals surface area (Å²) < 4.78 is 10.2. The Labute approximate surface area is 161 Å². The number of Topliss-reactive ketones (excluding diaryl/α,β-unsaturated/α-hetero) is 1. The van der Waals surface area contributed by atoms with Gasteiger partial charge in [0.05, 0.1) is 19.4 Å². The minimum absolute atomic E-state index is 0.118. The van der Waals surface area contributed by atoms with Crippen molar-refractivity contribution >= 4 is 29.3 Å². The van der Waals surface area contributed by atoms with Crippen molar-refractivity contribution in [3.8, 4) is 5.75 Å². The number of carbonyl (C=O) groups excluding carboxylic acids is 4. The van der Waals surface area contributed by atoms with Crippen LogP contribution in [-0.2, 0) is 23.9 Å². The first-order chi connectivity index (χ1) is 13.5. The Balaban J connectivity index is 1.92. The van der Waals surface area contributed by atoms with Crippen LogP contribution < -0.4 is 15.4 Å². The number of piperazine rings is 1. The van der Waals surface area contributed by atoms with Gasteiger partial charge in [-0.15, -0.1) is 0 Å². The lowest BCUT2D eigenvalue weighted by molar-refractivity contribution is -0.141. The van der Waals surface area contributed by atoms with Crippen LogP contribution in [0.5, 0.6) is 5.75 Å². The maximum absolute atomic E-state index is 12.9. The van der Waals surface area contributed by atoms with Gasteiger partial charge in [-0.2, -0.15) is 0 Å². The number of hydrogen-bond acceptors (Lipinski definition) is 7. The van der Waals surface area contributed by atoms with E-state index in [0.29, 0.717) is 31.1 Å². The maximum atomic E-state index is 12.9. The fourth-order valence-electron chi connectivity index (χ4n) is 3.32. The molecule has 1 atom stereocenters. The Morgan fingerprint density at radius 1 is 1.29 bits per heavy atom. The van der Waals surface area contributed by atoms with Crippen molar-refractivity contribution < 1.29 is 28.7 Å². The van der Waals surface area contributed by atoms with E-state index in [4.69, 9.17) is 4.74 Å². The van der Waals surface area contributed by atoms with Crippen molar-refractivity contribution in [2.75, 3.05) is 32.1 Å². The number of amides is 2. The Hall–Kier alpha value is -3.36. The normalized spacial score (nSPS) is 18.9. The van der Waals surface area contributed by atoms with Gasteiger partial charge in [0.2, 0.25) is 5.91 Å². The van der Waals surface area contributed by atoms with Gasteiger partial charge in [0, 0.05) is 19.5 Å². The minimum Gasteiger partial charge on any atom is -0.492 e. The van der Waals surface area contributed by atoms with Crippen LogP contribution in [0.15, 0.2) is 35.5 Å². The van der Waals surface area contributed by atoms with Gasteiger partial charge in [-0.3, -0.25) is 14.4 Å². The number of nitrogens with zero attached hydrogens (tertiary/aromatic N) is 1. The SMILES string of the molecule is CCOc1ccccc1NC(=O)C1CC(=O)C(C(=O)OC)=C2C(=O)NCCN21. The summed E-state index contributed by atoms with van der Waals surface area (Å²) >= 11 is 0. The summed E-state index contributed by atoms with van der Waals surface area (Å²) in [6.07, 6.45) is -0.232. The molecule has 2 heterocycles. The number of esters is 1. The fourth-order valence-corrected chi connectivity index (χ4v) is 3.32. The van der Waals surface area contributed by atoms with Crippen LogP contribution in [0.2, 0.25) is 0 Å². The van der Waals surface area contributed by atoms with E-state index < -0.39 is 29.6 Å². The Morgan fingerprint density at radius 2 is 2.04 bits per heavy atom. The molecule has 3 rings (SSSR count). The van der Waals surface area contributed by atoms with Crippen molar-refractivity contribution in [3.63, 3.8) is 0 Å². The van der Waals surface area contributed by atoms with E-state index in [1.54, 1.807) is 24.3 Å². The standard InChI is InChI=1S/C19H21N3O6/c1-3-28-14-7-5-4-6-11(14)21-17(24)12-10-13(23)15(19(26)27-2)16-18(25)20-8-9-22(12)16/h4-7,12H,3,8-10H2,1-2H3,(H,20,25)(H,21,24). The summed E-state index contributed by atoms with van der Waals surface area (Å²) in [7, 11) is 1.14. The summed E-state index contributed by atoms with van der Waals surface area (Å²) in [6, 6.07) is 6.02. The highest BCUT2D eigenvalue weighted by Gasteiger charge is 2.44. The molecule has 1 fully saturated rings. The van der Waals surface area contributed by atoms with Crippen LogP contribution in [0, 0.1) is 0 Å². The van der Waals surface area contributed by atoms with Gasteiger partial charge in [0.15, 0.2) is 5.78 Å². The van der Waals surface area contributed by atoms with Crippen molar-refractivity contribution in [1.82, 2.24) is 10.2 Å². The molecule has 0 saturated carbocycles. The first kappa shape index (κ1) is 19.4. The zero-order chi connectivity index (χ0) is 20.3. The second-order valence-electron chi connectivity index (χ2n) is 6.23. The van der Waals surface area contributed by atoms with E-state index in [-0.39, 0.29) is 17.7 Å². The molecule has 2 amide bonds. The highest BCUT2D eigenvalue weighted by Crippen LogP contribution is 2.30. The molecule has 2 aliphatic rings. The number of fused-ring (bicyclic) bond motifs is 1. The highest BCUT2D eigenvalue weighted by molar-refractivity contribution is 6.24. The molecular weight excluding hydrogens is 366 g/mol. The Bertz CT molecular complexity index is 863. The molecule has 28 heavy (non-hydrogen) atoms. The van der Waals surface area contributed by atoms with Gasteiger partial charge >= 0.3 is 5.97 Å². The van der Waals surface area contributed by atoms with Gasteiger partial charge in [-0.25, -0.2) is 4.79 Å². The zero-order valence-corrected chi connectivity index (χ0v) is 15.6. The zero-order valence-electron chi connectivity index (χ0n) is 15.6. The van der Waals surface area contributed by atoms with Crippen LogP contribution in [0.4, 0.5) is 5.69 Å². The first-order valence-corrected chi connectivity index (χ1v) is 8.91. The number of ether oxygens (including phenoxy) is 2. The molecule has 2 N–H and O–H groups in total. The number of nitrogens with one attached hydrogen (secondary N) is 2. The molecule has 148 valence electrons. The number of hydrogen-bond donors (Lipinski definition) is 2. The molecular formula is C19H21N3O6. The van der Waals surface area contributed by atoms with E-state index in [2.05, 4.69) is 15.4 Å². The number of para-hydroxylation sites is 2. The van der Waals surface area contributed by atoms with Crippen molar-refractivity contribution in [3.05, 3.63) is 35.5 Å². The molecule has 0 spiro atoms. The van der Waals surface area contributed by atoms with E-state index >= 15 is 0 Å². The molecule has 1 saturated heterocycles. The Morgan fingerprint density at radius 3 is 2.75 bits per heavy atom. The quantitative estimate of drug-likeness (QED) is 0.549. The number of anilines is 1. The molecule has 0 bridgehead atoms. The van der Waals surface area contributed by atoms with Gasteiger partial charge in [0.1, 0.15) is 23.1 Å².